The van der Waals surface area contributed by atoms with E-state index in [1.54, 1.807) is 12.0 Å². The van der Waals surface area contributed by atoms with Gasteiger partial charge in [0.05, 0.1) is 12.8 Å². The molecule has 0 bridgehead atoms. The van der Waals surface area contributed by atoms with Crippen molar-refractivity contribution in [2.24, 2.45) is 0 Å². The van der Waals surface area contributed by atoms with Crippen LogP contribution in [0.25, 0.3) is 0 Å². The van der Waals surface area contributed by atoms with Crippen molar-refractivity contribution in [3.05, 3.63) is 41.3 Å². The van der Waals surface area contributed by atoms with E-state index in [4.69, 9.17) is 4.74 Å². The number of amides is 1. The highest BCUT2D eigenvalue weighted by Crippen LogP contribution is 2.32. The van der Waals surface area contributed by atoms with Gasteiger partial charge in [-0.05, 0) is 51.2 Å². The second-order valence-electron chi connectivity index (χ2n) is 6.90. The Morgan fingerprint density at radius 2 is 2.00 bits per heavy atom. The van der Waals surface area contributed by atoms with Crippen molar-refractivity contribution in [3.8, 4) is 5.75 Å². The largest absolute Gasteiger partial charge is 0.495 e. The van der Waals surface area contributed by atoms with Crippen molar-refractivity contribution in [1.82, 2.24) is 9.97 Å². The number of para-hydroxylation sites is 2. The van der Waals surface area contributed by atoms with Gasteiger partial charge in [0.15, 0.2) is 0 Å². The van der Waals surface area contributed by atoms with Gasteiger partial charge in [-0.2, -0.15) is 0 Å². The van der Waals surface area contributed by atoms with Crippen molar-refractivity contribution < 1.29 is 9.53 Å². The lowest BCUT2D eigenvalue weighted by Gasteiger charge is -2.22. The fourth-order valence-electron chi connectivity index (χ4n) is 3.91. The molecule has 4 rings (SSSR count). The van der Waals surface area contributed by atoms with E-state index in [-0.39, 0.29) is 11.9 Å². The third-order valence-electron chi connectivity index (χ3n) is 5.19. The average molecular weight is 352 g/mol. The minimum absolute atomic E-state index is 0.0651. The molecule has 1 N–H and O–H groups in total. The Bertz CT molecular complexity index is 837. The Morgan fingerprint density at radius 3 is 2.85 bits per heavy atom. The molecule has 1 aromatic heterocycles. The van der Waals surface area contributed by atoms with Gasteiger partial charge in [0.1, 0.15) is 23.4 Å². The zero-order valence-corrected chi connectivity index (χ0v) is 15.3. The van der Waals surface area contributed by atoms with E-state index < -0.39 is 0 Å². The molecule has 0 spiro atoms. The number of nitrogens with zero attached hydrogens (tertiary/aromatic N) is 3. The monoisotopic (exact) mass is 352 g/mol. The highest BCUT2D eigenvalue weighted by molar-refractivity contribution is 6.02. The summed E-state index contributed by atoms with van der Waals surface area (Å²) in [4.78, 5) is 24.0. The SMILES string of the molecule is COc1ccccc1N1CCC(Nc2nc(C)nc3c2CCCC3)C1=O. The highest BCUT2D eigenvalue weighted by atomic mass is 16.5. The second-order valence-corrected chi connectivity index (χ2v) is 6.90. The number of methoxy groups -OCH3 is 1. The van der Waals surface area contributed by atoms with Crippen LogP contribution in [0.4, 0.5) is 11.5 Å². The number of aromatic nitrogens is 2. The lowest BCUT2D eigenvalue weighted by Crippen LogP contribution is -2.34. The molecule has 0 saturated carbocycles. The molecule has 1 atom stereocenters. The number of fused-ring (bicyclic) bond motifs is 1. The predicted molar refractivity (Wildman–Crippen MR) is 101 cm³/mol. The maximum Gasteiger partial charge on any atom is 0.249 e. The van der Waals surface area contributed by atoms with Gasteiger partial charge in [-0.1, -0.05) is 12.1 Å². The molecule has 6 nitrogen and oxygen atoms in total. The molecule has 136 valence electrons. The first-order valence-corrected chi connectivity index (χ1v) is 9.24. The third-order valence-corrected chi connectivity index (χ3v) is 5.19. The number of anilines is 2. The highest BCUT2D eigenvalue weighted by Gasteiger charge is 2.34. The zero-order valence-electron chi connectivity index (χ0n) is 15.3. The molecule has 1 aliphatic carbocycles. The van der Waals surface area contributed by atoms with Gasteiger partial charge >= 0.3 is 0 Å². The van der Waals surface area contributed by atoms with E-state index in [1.165, 1.54) is 12.0 Å². The summed E-state index contributed by atoms with van der Waals surface area (Å²) in [6.07, 6.45) is 5.05. The van der Waals surface area contributed by atoms with Crippen molar-refractivity contribution in [3.63, 3.8) is 0 Å². The summed E-state index contributed by atoms with van der Waals surface area (Å²) in [5.74, 6) is 2.39. The first-order valence-electron chi connectivity index (χ1n) is 9.24. The maximum atomic E-state index is 13.0. The van der Waals surface area contributed by atoms with E-state index in [0.717, 1.165) is 54.5 Å². The van der Waals surface area contributed by atoms with Crippen LogP contribution in [0.2, 0.25) is 0 Å². The summed E-state index contributed by atoms with van der Waals surface area (Å²) < 4.78 is 5.41. The molecule has 1 aromatic carbocycles. The standard InChI is InChI=1S/C20H24N4O2/c1-13-21-15-8-4-3-7-14(15)19(22-13)23-16-11-12-24(20(16)25)17-9-5-6-10-18(17)26-2/h5-6,9-10,16H,3-4,7-8,11-12H2,1-2H3,(H,21,22,23). The second kappa shape index (κ2) is 6.94. The average Bonchev–Trinajstić information content (AvgIpc) is 3.02. The van der Waals surface area contributed by atoms with E-state index in [2.05, 4.69) is 15.3 Å². The quantitative estimate of drug-likeness (QED) is 0.916. The Balaban J connectivity index is 1.58. The van der Waals surface area contributed by atoms with Crippen LogP contribution < -0.4 is 15.0 Å². The van der Waals surface area contributed by atoms with Gasteiger partial charge in [-0.25, -0.2) is 9.97 Å². The number of aryl methyl sites for hydroxylation is 2. The molecule has 1 amide bonds. The number of hydrogen-bond acceptors (Lipinski definition) is 5. The van der Waals surface area contributed by atoms with E-state index in [9.17, 15) is 4.79 Å². The summed E-state index contributed by atoms with van der Waals surface area (Å²) in [5.41, 5.74) is 3.15. The van der Waals surface area contributed by atoms with Crippen molar-refractivity contribution in [2.45, 2.75) is 45.1 Å². The van der Waals surface area contributed by atoms with Crippen LogP contribution >= 0.6 is 0 Å². The molecular formula is C20H24N4O2. The summed E-state index contributed by atoms with van der Waals surface area (Å²) in [7, 11) is 1.63. The molecule has 1 unspecified atom stereocenters. The van der Waals surface area contributed by atoms with Crippen LogP contribution in [0.5, 0.6) is 5.75 Å². The Labute approximate surface area is 153 Å². The number of carbonyl (C=O) groups excluding carboxylic acids is 1. The summed E-state index contributed by atoms with van der Waals surface area (Å²) >= 11 is 0. The number of ether oxygens (including phenoxy) is 1. The van der Waals surface area contributed by atoms with E-state index in [1.807, 2.05) is 31.2 Å². The van der Waals surface area contributed by atoms with Crippen LogP contribution in [0, 0.1) is 6.92 Å². The van der Waals surface area contributed by atoms with Crippen LogP contribution in [-0.2, 0) is 17.6 Å². The minimum atomic E-state index is -0.264. The van der Waals surface area contributed by atoms with Crippen LogP contribution in [0.15, 0.2) is 24.3 Å². The lowest BCUT2D eigenvalue weighted by atomic mass is 9.96. The Kier molecular flexibility index (Phi) is 4.49. The van der Waals surface area contributed by atoms with Crippen LogP contribution in [-0.4, -0.2) is 35.6 Å². The minimum Gasteiger partial charge on any atom is -0.495 e. The summed E-state index contributed by atoms with van der Waals surface area (Å²) in [5, 5.41) is 3.41. The van der Waals surface area contributed by atoms with Crippen molar-refractivity contribution >= 4 is 17.4 Å². The number of hydrogen-bond donors (Lipinski definition) is 1. The zero-order chi connectivity index (χ0) is 18.1. The van der Waals surface area contributed by atoms with Gasteiger partial charge in [-0.3, -0.25) is 4.79 Å². The molecule has 2 aliphatic rings. The van der Waals surface area contributed by atoms with Gasteiger partial charge < -0.3 is 15.0 Å². The molecular weight excluding hydrogens is 328 g/mol. The molecule has 1 aliphatic heterocycles. The number of carbonyl (C=O) groups is 1. The fourth-order valence-corrected chi connectivity index (χ4v) is 3.91. The summed E-state index contributed by atoms with van der Waals surface area (Å²) in [6, 6.07) is 7.38. The fraction of sp³-hybridized carbons (Fsp3) is 0.450. The number of nitrogens with one attached hydrogen (secondary N) is 1. The third kappa shape index (κ3) is 3.00. The van der Waals surface area contributed by atoms with Crippen molar-refractivity contribution in [1.29, 1.82) is 0 Å². The first kappa shape index (κ1) is 16.8. The molecule has 0 radical (unpaired) electrons. The lowest BCUT2D eigenvalue weighted by molar-refractivity contribution is -0.117. The topological polar surface area (TPSA) is 67.3 Å². The molecule has 2 aromatic rings. The van der Waals surface area contributed by atoms with Gasteiger partial charge in [0, 0.05) is 17.8 Å². The summed E-state index contributed by atoms with van der Waals surface area (Å²) in [6.45, 7) is 2.58. The van der Waals surface area contributed by atoms with Gasteiger partial charge in [-0.15, -0.1) is 0 Å². The normalized spacial score (nSPS) is 19.4. The maximum absolute atomic E-state index is 13.0. The van der Waals surface area contributed by atoms with E-state index >= 15 is 0 Å². The van der Waals surface area contributed by atoms with E-state index in [0.29, 0.717) is 6.54 Å². The Hall–Kier alpha value is -2.63. The van der Waals surface area contributed by atoms with Crippen LogP contribution in [0.3, 0.4) is 0 Å². The number of benzene rings is 1. The molecule has 6 heteroatoms. The molecule has 2 heterocycles. The predicted octanol–water partition coefficient (Wildman–Crippen LogP) is 2.89. The number of rotatable bonds is 4. The van der Waals surface area contributed by atoms with Gasteiger partial charge in [0.25, 0.3) is 0 Å². The Morgan fingerprint density at radius 1 is 1.19 bits per heavy atom. The van der Waals surface area contributed by atoms with Crippen LogP contribution in [0.1, 0.15) is 36.3 Å². The molecule has 1 saturated heterocycles. The molecule has 1 fully saturated rings. The smallest absolute Gasteiger partial charge is 0.249 e. The van der Waals surface area contributed by atoms with Gasteiger partial charge in [0.2, 0.25) is 5.91 Å². The molecule has 26 heavy (non-hydrogen) atoms. The first-order chi connectivity index (χ1) is 12.7. The van der Waals surface area contributed by atoms with Crippen molar-refractivity contribution in [2.75, 3.05) is 23.9 Å².